The average Bonchev–Trinajstić information content (AvgIpc) is 2.44. The third-order valence-corrected chi connectivity index (χ3v) is 5.46. The lowest BCUT2D eigenvalue weighted by atomic mass is 10.4. The number of hydrogen-bond donors (Lipinski definition) is 3. The second-order valence-corrected chi connectivity index (χ2v) is 7.58. The molecule has 0 heterocycles. The maximum atomic E-state index is 11.9. The van der Waals surface area contributed by atoms with Gasteiger partial charge >= 0.3 is 0 Å². The number of hydrogen-bond acceptors (Lipinski definition) is 5. The summed E-state index contributed by atoms with van der Waals surface area (Å²) in [5, 5.41) is 2.99. The van der Waals surface area contributed by atoms with E-state index >= 15 is 0 Å². The van der Waals surface area contributed by atoms with Crippen LogP contribution < -0.4 is 14.8 Å². The second-order valence-electron chi connectivity index (χ2n) is 3.93. The number of benzene rings is 1. The molecule has 0 fully saturated rings. The Bertz CT molecular complexity index is 630. The Balaban J connectivity index is 0.00000400. The van der Waals surface area contributed by atoms with E-state index in [2.05, 4.69) is 14.8 Å². The Kier molecular flexibility index (Phi) is 8.37. The fourth-order valence-electron chi connectivity index (χ4n) is 1.45. The summed E-state index contributed by atoms with van der Waals surface area (Å²) in [6.07, 6.45) is 0. The van der Waals surface area contributed by atoms with Crippen LogP contribution in [-0.2, 0) is 20.0 Å². The van der Waals surface area contributed by atoms with Gasteiger partial charge in [-0.25, -0.2) is 26.3 Å². The molecule has 0 radical (unpaired) electrons. The lowest BCUT2D eigenvalue weighted by Crippen LogP contribution is -2.31. The van der Waals surface area contributed by atoms with Gasteiger partial charge in [-0.3, -0.25) is 0 Å². The van der Waals surface area contributed by atoms with Crippen LogP contribution in [0.5, 0.6) is 0 Å². The summed E-state index contributed by atoms with van der Waals surface area (Å²) in [5.74, 6) is 0. The van der Waals surface area contributed by atoms with Crippen LogP contribution in [0.3, 0.4) is 0 Å². The van der Waals surface area contributed by atoms with Crippen molar-refractivity contribution >= 4 is 32.5 Å². The normalized spacial score (nSPS) is 11.9. The molecule has 1 rings (SSSR count). The van der Waals surface area contributed by atoms with E-state index in [1.165, 1.54) is 31.3 Å². The third kappa shape index (κ3) is 5.89. The highest BCUT2D eigenvalue weighted by Gasteiger charge is 2.16. The van der Waals surface area contributed by atoms with Crippen LogP contribution in [0.15, 0.2) is 34.1 Å². The Hall–Kier alpha value is -0.710. The summed E-state index contributed by atoms with van der Waals surface area (Å²) in [5.41, 5.74) is 0. The average molecular weight is 358 g/mol. The summed E-state index contributed by atoms with van der Waals surface area (Å²) in [4.78, 5) is 0.0515. The highest BCUT2D eigenvalue weighted by molar-refractivity contribution is 7.90. The van der Waals surface area contributed by atoms with Crippen LogP contribution in [0.25, 0.3) is 0 Å². The van der Waals surface area contributed by atoms with Gasteiger partial charge in [0.2, 0.25) is 20.0 Å². The van der Waals surface area contributed by atoms with Crippen LogP contribution in [0.2, 0.25) is 0 Å². The van der Waals surface area contributed by atoms with Gasteiger partial charge in [0.25, 0.3) is 0 Å². The number of likely N-dealkylation sites (N-methyl/N-ethyl adjacent to an activating group) is 1. The van der Waals surface area contributed by atoms with Gasteiger partial charge in [-0.2, -0.15) is 0 Å². The first kappa shape index (κ1) is 20.3. The minimum Gasteiger partial charge on any atom is -0.316 e. The van der Waals surface area contributed by atoms with Crippen molar-refractivity contribution < 1.29 is 16.8 Å². The van der Waals surface area contributed by atoms with Crippen molar-refractivity contribution in [2.45, 2.75) is 16.7 Å². The van der Waals surface area contributed by atoms with Gasteiger partial charge in [-0.15, -0.1) is 12.4 Å². The molecule has 0 bridgehead atoms. The van der Waals surface area contributed by atoms with E-state index in [1.54, 1.807) is 0 Å². The van der Waals surface area contributed by atoms with Gasteiger partial charge in [0, 0.05) is 13.1 Å². The Morgan fingerprint density at radius 3 is 1.81 bits per heavy atom. The topological polar surface area (TPSA) is 104 Å². The van der Waals surface area contributed by atoms with E-state index in [0.29, 0.717) is 6.54 Å². The molecular weight excluding hydrogens is 338 g/mol. The van der Waals surface area contributed by atoms with Gasteiger partial charge in [-0.1, -0.05) is 6.92 Å². The Labute approximate surface area is 132 Å². The molecule has 1 aromatic carbocycles. The van der Waals surface area contributed by atoms with Crippen molar-refractivity contribution in [3.63, 3.8) is 0 Å². The molecule has 0 unspecified atom stereocenters. The molecular formula is C11H20ClN3O4S2. The van der Waals surface area contributed by atoms with Crippen LogP contribution in [0.4, 0.5) is 0 Å². The number of nitrogens with one attached hydrogen (secondary N) is 3. The minimum atomic E-state index is -3.61. The van der Waals surface area contributed by atoms with Crippen molar-refractivity contribution in [1.29, 1.82) is 0 Å². The van der Waals surface area contributed by atoms with Crippen molar-refractivity contribution in [1.82, 2.24) is 14.8 Å². The lowest BCUT2D eigenvalue weighted by Gasteiger charge is -2.08. The van der Waals surface area contributed by atoms with E-state index in [0.717, 1.165) is 6.54 Å². The quantitative estimate of drug-likeness (QED) is 0.564. The monoisotopic (exact) mass is 357 g/mol. The summed E-state index contributed by atoms with van der Waals surface area (Å²) in [6.45, 7) is 3.49. The zero-order chi connectivity index (χ0) is 15.2. The molecule has 0 atom stereocenters. The van der Waals surface area contributed by atoms with Crippen molar-refractivity contribution in [3.8, 4) is 0 Å². The van der Waals surface area contributed by atoms with Crippen LogP contribution in [0.1, 0.15) is 6.92 Å². The summed E-state index contributed by atoms with van der Waals surface area (Å²) in [7, 11) is -5.88. The number of sulfonamides is 2. The van der Waals surface area contributed by atoms with E-state index in [9.17, 15) is 16.8 Å². The molecule has 7 nitrogen and oxygen atoms in total. The smallest absolute Gasteiger partial charge is 0.240 e. The van der Waals surface area contributed by atoms with Gasteiger partial charge in [0.05, 0.1) is 9.79 Å². The summed E-state index contributed by atoms with van der Waals surface area (Å²) >= 11 is 0. The first-order valence-corrected chi connectivity index (χ1v) is 9.04. The van der Waals surface area contributed by atoms with E-state index < -0.39 is 20.0 Å². The molecule has 0 spiro atoms. The fraction of sp³-hybridized carbons (Fsp3) is 0.455. The largest absolute Gasteiger partial charge is 0.316 e. The predicted molar refractivity (Wildman–Crippen MR) is 83.7 cm³/mol. The molecule has 1 aromatic rings. The highest BCUT2D eigenvalue weighted by Crippen LogP contribution is 2.13. The molecule has 3 N–H and O–H groups in total. The maximum Gasteiger partial charge on any atom is 0.240 e. The molecule has 0 saturated carbocycles. The van der Waals surface area contributed by atoms with Crippen LogP contribution >= 0.6 is 12.4 Å². The first-order valence-electron chi connectivity index (χ1n) is 6.07. The van der Waals surface area contributed by atoms with Gasteiger partial charge in [0.15, 0.2) is 0 Å². The molecule has 0 aliphatic carbocycles. The Morgan fingerprint density at radius 1 is 0.905 bits per heavy atom. The number of rotatable bonds is 8. The maximum absolute atomic E-state index is 11.9. The molecule has 122 valence electrons. The van der Waals surface area contributed by atoms with E-state index in [-0.39, 0.29) is 28.7 Å². The molecule has 0 saturated heterocycles. The summed E-state index contributed by atoms with van der Waals surface area (Å²) < 4.78 is 51.5. The SMILES string of the molecule is CCNCCNS(=O)(=O)c1ccc(S(=O)(=O)NC)cc1.Cl. The third-order valence-electron chi connectivity index (χ3n) is 2.56. The second kappa shape index (κ2) is 8.66. The standard InChI is InChI=1S/C11H19N3O4S2.ClH/c1-3-13-8-9-14-20(17,18)11-6-4-10(5-7-11)19(15,16)12-2;/h4-7,12-14H,3,8-9H2,1-2H3;1H. The lowest BCUT2D eigenvalue weighted by molar-refractivity contribution is 0.576. The molecule has 0 aliphatic rings. The minimum absolute atomic E-state index is 0. The van der Waals surface area contributed by atoms with Gasteiger partial charge in [0.1, 0.15) is 0 Å². The Morgan fingerprint density at radius 2 is 1.38 bits per heavy atom. The van der Waals surface area contributed by atoms with E-state index in [4.69, 9.17) is 0 Å². The van der Waals surface area contributed by atoms with Crippen molar-refractivity contribution in [3.05, 3.63) is 24.3 Å². The molecule has 10 heteroatoms. The van der Waals surface area contributed by atoms with Crippen LogP contribution in [-0.4, -0.2) is 43.5 Å². The highest BCUT2D eigenvalue weighted by atomic mass is 35.5. The first-order chi connectivity index (χ1) is 9.33. The van der Waals surface area contributed by atoms with Crippen molar-refractivity contribution in [2.75, 3.05) is 26.7 Å². The van der Waals surface area contributed by atoms with Crippen LogP contribution in [0, 0.1) is 0 Å². The molecule has 0 amide bonds. The molecule has 0 aromatic heterocycles. The van der Waals surface area contributed by atoms with E-state index in [1.807, 2.05) is 6.92 Å². The van der Waals surface area contributed by atoms with Gasteiger partial charge < -0.3 is 5.32 Å². The van der Waals surface area contributed by atoms with Crippen molar-refractivity contribution in [2.24, 2.45) is 0 Å². The molecule has 21 heavy (non-hydrogen) atoms. The zero-order valence-electron chi connectivity index (χ0n) is 11.8. The fourth-order valence-corrected chi connectivity index (χ4v) is 3.21. The zero-order valence-corrected chi connectivity index (χ0v) is 14.2. The van der Waals surface area contributed by atoms with Gasteiger partial charge in [-0.05, 0) is 37.9 Å². The predicted octanol–water partition coefficient (Wildman–Crippen LogP) is -0.0957. The summed E-state index contributed by atoms with van der Waals surface area (Å²) in [6, 6.07) is 5.04. The number of halogens is 1. The molecule has 0 aliphatic heterocycles.